The molecule has 0 heterocycles. The van der Waals surface area contributed by atoms with E-state index in [9.17, 15) is 4.79 Å². The lowest BCUT2D eigenvalue weighted by Gasteiger charge is -2.02. The molecule has 0 spiro atoms. The summed E-state index contributed by atoms with van der Waals surface area (Å²) in [7, 11) is 0. The van der Waals surface area contributed by atoms with Crippen LogP contribution in [0.1, 0.15) is 96.8 Å². The van der Waals surface area contributed by atoms with Crippen LogP contribution in [0.2, 0.25) is 0 Å². The highest BCUT2D eigenvalue weighted by Crippen LogP contribution is 2.11. The molecule has 0 saturated heterocycles. The SMILES string of the molecule is C=CC=CCCCCCCC(=O)CCCCCCCCC. The maximum absolute atomic E-state index is 11.7. The number of hydrogen-bond acceptors (Lipinski definition) is 1. The van der Waals surface area contributed by atoms with E-state index >= 15 is 0 Å². The molecule has 0 aromatic carbocycles. The average Bonchev–Trinajstić information content (AvgIpc) is 2.49. The van der Waals surface area contributed by atoms with Gasteiger partial charge in [0.2, 0.25) is 0 Å². The van der Waals surface area contributed by atoms with Crippen molar-refractivity contribution in [3.05, 3.63) is 24.8 Å². The lowest BCUT2D eigenvalue weighted by atomic mass is 10.0. The first-order valence-electron chi connectivity index (χ1n) is 9.10. The van der Waals surface area contributed by atoms with Crippen molar-refractivity contribution in [2.75, 3.05) is 0 Å². The summed E-state index contributed by atoms with van der Waals surface area (Å²) in [5, 5.41) is 0. The highest BCUT2D eigenvalue weighted by atomic mass is 16.1. The molecule has 0 rings (SSSR count). The third kappa shape index (κ3) is 17.1. The Kier molecular flexibility index (Phi) is 16.5. The summed E-state index contributed by atoms with van der Waals surface area (Å²) in [6.45, 7) is 5.90. The van der Waals surface area contributed by atoms with Gasteiger partial charge in [-0.3, -0.25) is 4.79 Å². The second-order valence-corrected chi connectivity index (χ2v) is 6.03. The second kappa shape index (κ2) is 17.2. The van der Waals surface area contributed by atoms with Crippen molar-refractivity contribution in [1.82, 2.24) is 0 Å². The largest absolute Gasteiger partial charge is 0.300 e. The Bertz CT molecular complexity index is 265. The molecule has 0 fully saturated rings. The van der Waals surface area contributed by atoms with Gasteiger partial charge < -0.3 is 0 Å². The first-order valence-corrected chi connectivity index (χ1v) is 9.10. The fourth-order valence-corrected chi connectivity index (χ4v) is 2.53. The van der Waals surface area contributed by atoms with Crippen LogP contribution >= 0.6 is 0 Å². The molecule has 0 N–H and O–H groups in total. The first kappa shape index (κ1) is 20.1. The Morgan fingerprint density at radius 1 is 0.810 bits per heavy atom. The normalized spacial score (nSPS) is 11.1. The molecule has 0 atom stereocenters. The number of carbonyl (C=O) groups excluding carboxylic acids is 1. The molecule has 122 valence electrons. The van der Waals surface area contributed by atoms with E-state index in [2.05, 4.69) is 19.6 Å². The minimum absolute atomic E-state index is 0.482. The van der Waals surface area contributed by atoms with Crippen molar-refractivity contribution in [1.29, 1.82) is 0 Å². The van der Waals surface area contributed by atoms with Gasteiger partial charge >= 0.3 is 0 Å². The molecule has 0 aromatic heterocycles. The van der Waals surface area contributed by atoms with Gasteiger partial charge in [-0.15, -0.1) is 0 Å². The number of rotatable bonds is 16. The zero-order valence-electron chi connectivity index (χ0n) is 14.2. The lowest BCUT2D eigenvalue weighted by Crippen LogP contribution is -1.97. The summed E-state index contributed by atoms with van der Waals surface area (Å²) in [5.74, 6) is 0.482. The summed E-state index contributed by atoms with van der Waals surface area (Å²) < 4.78 is 0. The van der Waals surface area contributed by atoms with Crippen LogP contribution in [0.5, 0.6) is 0 Å². The third-order valence-electron chi connectivity index (χ3n) is 3.91. The maximum Gasteiger partial charge on any atom is 0.132 e. The number of allylic oxidation sites excluding steroid dienone is 3. The van der Waals surface area contributed by atoms with Crippen molar-refractivity contribution < 1.29 is 4.79 Å². The van der Waals surface area contributed by atoms with Gasteiger partial charge in [-0.2, -0.15) is 0 Å². The summed E-state index contributed by atoms with van der Waals surface area (Å²) in [4.78, 5) is 11.7. The molecule has 0 amide bonds. The Morgan fingerprint density at radius 2 is 1.33 bits per heavy atom. The van der Waals surface area contributed by atoms with Crippen molar-refractivity contribution in [2.24, 2.45) is 0 Å². The zero-order chi connectivity index (χ0) is 15.6. The lowest BCUT2D eigenvalue weighted by molar-refractivity contribution is -0.119. The molecule has 1 heteroatoms. The first-order chi connectivity index (χ1) is 10.3. The standard InChI is InChI=1S/C20H36O/c1-3-5-7-9-11-13-15-17-19-20(21)18-16-14-12-10-8-6-4-2/h3,5,7H,1,4,6,8-19H2,2H3. The zero-order valence-corrected chi connectivity index (χ0v) is 14.2. The van der Waals surface area contributed by atoms with E-state index in [1.165, 1.54) is 57.8 Å². The number of carbonyl (C=O) groups is 1. The predicted octanol–water partition coefficient (Wildman–Crippen LogP) is 6.78. The Balaban J connectivity index is 3.20. The quantitative estimate of drug-likeness (QED) is 0.226. The third-order valence-corrected chi connectivity index (χ3v) is 3.91. The van der Waals surface area contributed by atoms with E-state index in [4.69, 9.17) is 0 Å². The maximum atomic E-state index is 11.7. The van der Waals surface area contributed by atoms with Crippen LogP contribution in [0.15, 0.2) is 24.8 Å². The van der Waals surface area contributed by atoms with Crippen LogP contribution < -0.4 is 0 Å². The van der Waals surface area contributed by atoms with Crippen LogP contribution in [0.4, 0.5) is 0 Å². The van der Waals surface area contributed by atoms with Crippen molar-refractivity contribution in [3.63, 3.8) is 0 Å². The van der Waals surface area contributed by atoms with E-state index in [-0.39, 0.29) is 0 Å². The van der Waals surface area contributed by atoms with Crippen LogP contribution in [0, 0.1) is 0 Å². The molecule has 0 aromatic rings. The molecular formula is C20H36O. The summed E-state index contributed by atoms with van der Waals surface area (Å²) in [6.07, 6.45) is 22.6. The summed E-state index contributed by atoms with van der Waals surface area (Å²) in [6, 6.07) is 0. The summed E-state index contributed by atoms with van der Waals surface area (Å²) in [5.41, 5.74) is 0. The molecule has 0 aliphatic rings. The van der Waals surface area contributed by atoms with Crippen LogP contribution in [0.3, 0.4) is 0 Å². The van der Waals surface area contributed by atoms with E-state index in [1.807, 2.05) is 12.2 Å². The average molecular weight is 293 g/mol. The van der Waals surface area contributed by atoms with E-state index < -0.39 is 0 Å². The molecule has 0 radical (unpaired) electrons. The molecule has 0 unspecified atom stereocenters. The van der Waals surface area contributed by atoms with E-state index in [1.54, 1.807) is 0 Å². The van der Waals surface area contributed by atoms with Gasteiger partial charge in [0.15, 0.2) is 0 Å². The topological polar surface area (TPSA) is 17.1 Å². The molecule has 1 nitrogen and oxygen atoms in total. The van der Waals surface area contributed by atoms with E-state index in [0.29, 0.717) is 5.78 Å². The van der Waals surface area contributed by atoms with Gasteiger partial charge in [0.05, 0.1) is 0 Å². The Hall–Kier alpha value is -0.850. The molecular weight excluding hydrogens is 256 g/mol. The molecule has 0 saturated carbocycles. The molecule has 0 aliphatic heterocycles. The fourth-order valence-electron chi connectivity index (χ4n) is 2.53. The minimum Gasteiger partial charge on any atom is -0.300 e. The number of ketones is 1. The number of unbranched alkanes of at least 4 members (excludes halogenated alkanes) is 10. The molecule has 0 aliphatic carbocycles. The predicted molar refractivity (Wildman–Crippen MR) is 94.7 cm³/mol. The van der Waals surface area contributed by atoms with Gasteiger partial charge in [0.1, 0.15) is 5.78 Å². The van der Waals surface area contributed by atoms with Gasteiger partial charge in [-0.1, -0.05) is 83.1 Å². The molecule has 21 heavy (non-hydrogen) atoms. The number of hydrogen-bond donors (Lipinski definition) is 0. The monoisotopic (exact) mass is 292 g/mol. The highest BCUT2D eigenvalue weighted by molar-refractivity contribution is 5.78. The second-order valence-electron chi connectivity index (χ2n) is 6.03. The van der Waals surface area contributed by atoms with E-state index in [0.717, 1.165) is 32.1 Å². The Morgan fingerprint density at radius 3 is 1.90 bits per heavy atom. The molecule has 0 bridgehead atoms. The van der Waals surface area contributed by atoms with Gasteiger partial charge in [-0.05, 0) is 25.7 Å². The number of Topliss-reactive ketones (excluding diaryl/α,β-unsaturated/α-hetero) is 1. The summed E-state index contributed by atoms with van der Waals surface area (Å²) >= 11 is 0. The van der Waals surface area contributed by atoms with Gasteiger partial charge in [0.25, 0.3) is 0 Å². The minimum atomic E-state index is 0.482. The van der Waals surface area contributed by atoms with Crippen LogP contribution in [0.25, 0.3) is 0 Å². The highest BCUT2D eigenvalue weighted by Gasteiger charge is 2.01. The Labute approximate surface area is 132 Å². The van der Waals surface area contributed by atoms with Crippen molar-refractivity contribution in [3.8, 4) is 0 Å². The van der Waals surface area contributed by atoms with Gasteiger partial charge in [-0.25, -0.2) is 0 Å². The fraction of sp³-hybridized carbons (Fsp3) is 0.750. The van der Waals surface area contributed by atoms with Crippen LogP contribution in [-0.2, 0) is 4.79 Å². The van der Waals surface area contributed by atoms with Gasteiger partial charge in [0, 0.05) is 12.8 Å². The van der Waals surface area contributed by atoms with Crippen molar-refractivity contribution in [2.45, 2.75) is 96.8 Å². The van der Waals surface area contributed by atoms with Crippen molar-refractivity contribution >= 4 is 5.78 Å². The van der Waals surface area contributed by atoms with Crippen LogP contribution in [-0.4, -0.2) is 5.78 Å². The smallest absolute Gasteiger partial charge is 0.132 e.